The first kappa shape index (κ1) is 22.0. The Labute approximate surface area is 202 Å². The molecule has 8 heteroatoms. The van der Waals surface area contributed by atoms with Gasteiger partial charge in [-0.15, -0.1) is 10.2 Å². The fourth-order valence-corrected chi connectivity index (χ4v) is 4.49. The van der Waals surface area contributed by atoms with Crippen LogP contribution in [0, 0.1) is 13.8 Å². The summed E-state index contributed by atoms with van der Waals surface area (Å²) in [7, 11) is 0. The minimum absolute atomic E-state index is 0.0856. The molecule has 0 atom stereocenters. The van der Waals surface area contributed by atoms with E-state index >= 15 is 0 Å². The molecular formula is C26H24N4O3S. The number of benzene rings is 3. The second-order valence-electron chi connectivity index (χ2n) is 8.10. The zero-order valence-electron chi connectivity index (χ0n) is 18.9. The molecule has 0 radical (unpaired) electrons. The summed E-state index contributed by atoms with van der Waals surface area (Å²) in [6.07, 6.45) is 0. The molecule has 172 valence electrons. The van der Waals surface area contributed by atoms with Crippen LogP contribution >= 0.6 is 11.8 Å². The van der Waals surface area contributed by atoms with Crippen molar-refractivity contribution in [2.75, 3.05) is 17.9 Å². The maximum absolute atomic E-state index is 12.7. The maximum Gasteiger partial charge on any atom is 0.234 e. The van der Waals surface area contributed by atoms with Crippen LogP contribution in [0.5, 0.6) is 11.5 Å². The summed E-state index contributed by atoms with van der Waals surface area (Å²) in [6.45, 7) is 4.76. The molecule has 4 aromatic rings. The van der Waals surface area contributed by atoms with Gasteiger partial charge in [-0.2, -0.15) is 0 Å². The predicted octanol–water partition coefficient (Wildman–Crippen LogP) is 5.07. The topological polar surface area (TPSA) is 78.3 Å². The number of ether oxygens (including phenoxy) is 2. The van der Waals surface area contributed by atoms with Gasteiger partial charge in [0, 0.05) is 11.3 Å². The monoisotopic (exact) mass is 472 g/mol. The van der Waals surface area contributed by atoms with Crippen LogP contribution < -0.4 is 14.8 Å². The third-order valence-electron chi connectivity index (χ3n) is 5.53. The van der Waals surface area contributed by atoms with Gasteiger partial charge < -0.3 is 14.8 Å². The Hall–Kier alpha value is -3.78. The number of anilines is 1. The zero-order valence-corrected chi connectivity index (χ0v) is 19.8. The second kappa shape index (κ2) is 9.61. The SMILES string of the molecule is Cc1ccc(C)c(NC(=O)CSc2nnc(-c3ccccc3)n2Cc2ccc3c(c2)OCO3)c1. The van der Waals surface area contributed by atoms with Gasteiger partial charge in [0.25, 0.3) is 0 Å². The van der Waals surface area contributed by atoms with Crippen molar-refractivity contribution in [3.05, 3.63) is 83.4 Å². The third kappa shape index (κ3) is 4.77. The molecule has 0 fully saturated rings. The lowest BCUT2D eigenvalue weighted by atomic mass is 10.1. The quantitative estimate of drug-likeness (QED) is 0.379. The Balaban J connectivity index is 1.38. The van der Waals surface area contributed by atoms with E-state index in [0.717, 1.165) is 45.3 Å². The number of carbonyl (C=O) groups is 1. The number of aryl methyl sites for hydroxylation is 2. The molecule has 0 bridgehead atoms. The molecular weight excluding hydrogens is 448 g/mol. The van der Waals surface area contributed by atoms with Crippen molar-refractivity contribution >= 4 is 23.4 Å². The average molecular weight is 473 g/mol. The highest BCUT2D eigenvalue weighted by molar-refractivity contribution is 7.99. The number of hydrogen-bond donors (Lipinski definition) is 1. The highest BCUT2D eigenvalue weighted by atomic mass is 32.2. The molecule has 1 amide bonds. The summed E-state index contributed by atoms with van der Waals surface area (Å²) in [5.41, 5.74) is 4.95. The van der Waals surface area contributed by atoms with Crippen LogP contribution in [0.1, 0.15) is 16.7 Å². The van der Waals surface area contributed by atoms with E-state index in [1.54, 1.807) is 0 Å². The molecule has 5 rings (SSSR count). The molecule has 1 aliphatic heterocycles. The van der Waals surface area contributed by atoms with Crippen molar-refractivity contribution in [2.24, 2.45) is 0 Å². The minimum atomic E-state index is -0.0856. The van der Waals surface area contributed by atoms with E-state index in [1.807, 2.05) is 85.1 Å². The van der Waals surface area contributed by atoms with Crippen molar-refractivity contribution < 1.29 is 14.3 Å². The predicted molar refractivity (Wildman–Crippen MR) is 132 cm³/mol. The molecule has 0 saturated heterocycles. The van der Waals surface area contributed by atoms with E-state index in [4.69, 9.17) is 9.47 Å². The van der Waals surface area contributed by atoms with Gasteiger partial charge in [0.05, 0.1) is 12.3 Å². The smallest absolute Gasteiger partial charge is 0.234 e. The number of rotatable bonds is 7. The Kier molecular flexibility index (Phi) is 6.22. The summed E-state index contributed by atoms with van der Waals surface area (Å²) in [5.74, 6) is 2.36. The molecule has 2 heterocycles. The summed E-state index contributed by atoms with van der Waals surface area (Å²) < 4.78 is 13.0. The molecule has 34 heavy (non-hydrogen) atoms. The lowest BCUT2D eigenvalue weighted by Crippen LogP contribution is -2.15. The second-order valence-corrected chi connectivity index (χ2v) is 9.04. The van der Waals surface area contributed by atoms with E-state index in [0.29, 0.717) is 11.7 Å². The largest absolute Gasteiger partial charge is 0.454 e. The van der Waals surface area contributed by atoms with Gasteiger partial charge in [-0.3, -0.25) is 9.36 Å². The number of carbonyl (C=O) groups excluding carboxylic acids is 1. The van der Waals surface area contributed by atoms with Gasteiger partial charge >= 0.3 is 0 Å². The Morgan fingerprint density at radius 1 is 1.00 bits per heavy atom. The van der Waals surface area contributed by atoms with Crippen LogP contribution in [0.25, 0.3) is 11.4 Å². The van der Waals surface area contributed by atoms with E-state index in [-0.39, 0.29) is 18.5 Å². The first-order valence-electron chi connectivity index (χ1n) is 10.9. The van der Waals surface area contributed by atoms with Crippen molar-refractivity contribution in [2.45, 2.75) is 25.5 Å². The summed E-state index contributed by atoms with van der Waals surface area (Å²) in [5, 5.41) is 12.5. The van der Waals surface area contributed by atoms with Crippen LogP contribution in [-0.2, 0) is 11.3 Å². The Morgan fingerprint density at radius 3 is 2.68 bits per heavy atom. The van der Waals surface area contributed by atoms with Gasteiger partial charge in [0.15, 0.2) is 22.5 Å². The molecule has 1 aliphatic rings. The van der Waals surface area contributed by atoms with Crippen molar-refractivity contribution in [3.63, 3.8) is 0 Å². The van der Waals surface area contributed by atoms with E-state index in [9.17, 15) is 4.79 Å². The van der Waals surface area contributed by atoms with E-state index in [1.165, 1.54) is 11.8 Å². The molecule has 1 aromatic heterocycles. The third-order valence-corrected chi connectivity index (χ3v) is 6.49. The first-order chi connectivity index (χ1) is 16.6. The number of fused-ring (bicyclic) bond motifs is 1. The number of amides is 1. The van der Waals surface area contributed by atoms with E-state index < -0.39 is 0 Å². The van der Waals surface area contributed by atoms with Gasteiger partial charge in [-0.1, -0.05) is 60.3 Å². The summed E-state index contributed by atoms with van der Waals surface area (Å²) in [6, 6.07) is 21.8. The average Bonchev–Trinajstić information content (AvgIpc) is 3.47. The van der Waals surface area contributed by atoms with E-state index in [2.05, 4.69) is 15.5 Å². The van der Waals surface area contributed by atoms with Crippen LogP contribution in [0.2, 0.25) is 0 Å². The number of thioether (sulfide) groups is 1. The lowest BCUT2D eigenvalue weighted by Gasteiger charge is -2.12. The van der Waals surface area contributed by atoms with Gasteiger partial charge in [0.2, 0.25) is 12.7 Å². The fraction of sp³-hybridized carbons (Fsp3) is 0.192. The molecule has 0 aliphatic carbocycles. The van der Waals surface area contributed by atoms with Crippen LogP contribution in [0.4, 0.5) is 5.69 Å². The van der Waals surface area contributed by atoms with Crippen LogP contribution in [0.3, 0.4) is 0 Å². The Bertz CT molecular complexity index is 1340. The normalized spacial score (nSPS) is 12.1. The van der Waals surface area contributed by atoms with Gasteiger partial charge in [-0.25, -0.2) is 0 Å². The Morgan fingerprint density at radius 2 is 1.82 bits per heavy atom. The first-order valence-corrected chi connectivity index (χ1v) is 11.9. The number of aromatic nitrogens is 3. The maximum atomic E-state index is 12.7. The van der Waals surface area contributed by atoms with Crippen LogP contribution in [-0.4, -0.2) is 33.2 Å². The fourth-order valence-electron chi connectivity index (χ4n) is 3.75. The highest BCUT2D eigenvalue weighted by Gasteiger charge is 2.18. The molecule has 0 unspecified atom stereocenters. The van der Waals surface area contributed by atoms with Crippen molar-refractivity contribution in [1.82, 2.24) is 14.8 Å². The molecule has 0 spiro atoms. The minimum Gasteiger partial charge on any atom is -0.454 e. The lowest BCUT2D eigenvalue weighted by molar-refractivity contribution is -0.113. The zero-order chi connectivity index (χ0) is 23.5. The molecule has 7 nitrogen and oxygen atoms in total. The summed E-state index contributed by atoms with van der Waals surface area (Å²) in [4.78, 5) is 12.7. The molecule has 3 aromatic carbocycles. The standard InChI is InChI=1S/C26H24N4O3S/c1-17-8-9-18(2)21(12-17)27-24(31)15-34-26-29-28-25(20-6-4-3-5-7-20)30(26)14-19-10-11-22-23(13-19)33-16-32-22/h3-13H,14-16H2,1-2H3,(H,27,31). The van der Waals surface area contributed by atoms with Gasteiger partial charge in [0.1, 0.15) is 0 Å². The molecule has 1 N–H and O–H groups in total. The number of nitrogens with zero attached hydrogens (tertiary/aromatic N) is 3. The molecule has 0 saturated carbocycles. The number of nitrogens with one attached hydrogen (secondary N) is 1. The van der Waals surface area contributed by atoms with Crippen molar-refractivity contribution in [1.29, 1.82) is 0 Å². The van der Waals surface area contributed by atoms with Crippen molar-refractivity contribution in [3.8, 4) is 22.9 Å². The van der Waals surface area contributed by atoms with Gasteiger partial charge in [-0.05, 0) is 48.7 Å². The highest BCUT2D eigenvalue weighted by Crippen LogP contribution is 2.33. The van der Waals surface area contributed by atoms with Crippen LogP contribution in [0.15, 0.2) is 71.9 Å². The summed E-state index contributed by atoms with van der Waals surface area (Å²) >= 11 is 1.37. The number of hydrogen-bond acceptors (Lipinski definition) is 6.